The SMILES string of the molecule is Cc1cc2c(cn1)CN(C(=O)c1n[nH]c3ccccc13)C2. The van der Waals surface area contributed by atoms with Crippen molar-refractivity contribution in [3.05, 3.63) is 59.0 Å². The minimum absolute atomic E-state index is 0.0405. The van der Waals surface area contributed by atoms with Crippen LogP contribution in [0.1, 0.15) is 27.3 Å². The lowest BCUT2D eigenvalue weighted by atomic mass is 10.2. The number of aromatic nitrogens is 3. The van der Waals surface area contributed by atoms with Crippen LogP contribution in [0, 0.1) is 6.92 Å². The van der Waals surface area contributed by atoms with Crippen molar-refractivity contribution in [1.82, 2.24) is 20.1 Å². The molecule has 2 aromatic heterocycles. The van der Waals surface area contributed by atoms with Gasteiger partial charge in [-0.1, -0.05) is 18.2 Å². The summed E-state index contributed by atoms with van der Waals surface area (Å²) in [5.41, 5.74) is 4.65. The number of rotatable bonds is 1. The quantitative estimate of drug-likeness (QED) is 0.743. The molecule has 0 radical (unpaired) electrons. The number of hydrogen-bond acceptors (Lipinski definition) is 3. The van der Waals surface area contributed by atoms with Gasteiger partial charge in [-0.2, -0.15) is 5.10 Å². The van der Waals surface area contributed by atoms with Crippen LogP contribution in [-0.2, 0) is 13.1 Å². The van der Waals surface area contributed by atoms with Gasteiger partial charge in [-0.15, -0.1) is 0 Å². The van der Waals surface area contributed by atoms with Crippen LogP contribution in [0.5, 0.6) is 0 Å². The zero-order valence-corrected chi connectivity index (χ0v) is 11.6. The third-order valence-electron chi connectivity index (χ3n) is 3.90. The van der Waals surface area contributed by atoms with Gasteiger partial charge in [-0.3, -0.25) is 14.9 Å². The molecule has 0 fully saturated rings. The highest BCUT2D eigenvalue weighted by molar-refractivity contribution is 6.04. The summed E-state index contributed by atoms with van der Waals surface area (Å²) < 4.78 is 0. The van der Waals surface area contributed by atoms with E-state index in [1.165, 1.54) is 5.56 Å². The monoisotopic (exact) mass is 278 g/mol. The first-order valence-corrected chi connectivity index (χ1v) is 6.89. The Balaban J connectivity index is 1.68. The molecule has 3 heterocycles. The Bertz CT molecular complexity index is 852. The van der Waals surface area contributed by atoms with Crippen LogP contribution in [-0.4, -0.2) is 26.0 Å². The van der Waals surface area contributed by atoms with Gasteiger partial charge in [0.25, 0.3) is 5.91 Å². The third-order valence-corrected chi connectivity index (χ3v) is 3.90. The Kier molecular flexibility index (Phi) is 2.54. The van der Waals surface area contributed by atoms with Crippen molar-refractivity contribution in [3.63, 3.8) is 0 Å². The molecule has 0 atom stereocenters. The minimum Gasteiger partial charge on any atom is -0.328 e. The molecule has 21 heavy (non-hydrogen) atoms. The average molecular weight is 278 g/mol. The molecule has 1 N–H and O–H groups in total. The highest BCUT2D eigenvalue weighted by Crippen LogP contribution is 2.25. The fourth-order valence-electron chi connectivity index (χ4n) is 2.82. The van der Waals surface area contributed by atoms with Crippen molar-refractivity contribution >= 4 is 16.8 Å². The molecule has 1 amide bonds. The van der Waals surface area contributed by atoms with Gasteiger partial charge >= 0.3 is 0 Å². The summed E-state index contributed by atoms with van der Waals surface area (Å²) in [4.78, 5) is 18.8. The summed E-state index contributed by atoms with van der Waals surface area (Å²) in [7, 11) is 0. The molecule has 0 saturated carbocycles. The van der Waals surface area contributed by atoms with Crippen molar-refractivity contribution in [2.75, 3.05) is 0 Å². The zero-order valence-electron chi connectivity index (χ0n) is 11.6. The normalized spacial score (nSPS) is 13.7. The van der Waals surface area contributed by atoms with Crippen molar-refractivity contribution in [2.24, 2.45) is 0 Å². The van der Waals surface area contributed by atoms with E-state index in [0.717, 1.165) is 22.2 Å². The first-order chi connectivity index (χ1) is 10.2. The van der Waals surface area contributed by atoms with Crippen molar-refractivity contribution < 1.29 is 4.79 Å². The molecule has 1 aliphatic heterocycles. The van der Waals surface area contributed by atoms with Crippen molar-refractivity contribution in [2.45, 2.75) is 20.0 Å². The van der Waals surface area contributed by atoms with Gasteiger partial charge in [0, 0.05) is 30.4 Å². The van der Waals surface area contributed by atoms with Gasteiger partial charge in [0.05, 0.1) is 5.52 Å². The fraction of sp³-hybridized carbons (Fsp3) is 0.188. The smallest absolute Gasteiger partial charge is 0.275 e. The molecule has 0 spiro atoms. The largest absolute Gasteiger partial charge is 0.328 e. The molecule has 0 aliphatic carbocycles. The van der Waals surface area contributed by atoms with E-state index in [0.29, 0.717) is 18.8 Å². The van der Waals surface area contributed by atoms with Gasteiger partial charge in [0.15, 0.2) is 5.69 Å². The number of aromatic amines is 1. The van der Waals surface area contributed by atoms with Crippen LogP contribution in [0.4, 0.5) is 0 Å². The molecule has 0 unspecified atom stereocenters. The average Bonchev–Trinajstić information content (AvgIpc) is 3.09. The topological polar surface area (TPSA) is 61.9 Å². The number of benzene rings is 1. The Morgan fingerprint density at radius 2 is 2.05 bits per heavy atom. The maximum Gasteiger partial charge on any atom is 0.275 e. The highest BCUT2D eigenvalue weighted by atomic mass is 16.2. The second-order valence-electron chi connectivity index (χ2n) is 5.37. The number of aryl methyl sites for hydroxylation is 1. The Morgan fingerprint density at radius 3 is 2.95 bits per heavy atom. The first-order valence-electron chi connectivity index (χ1n) is 6.89. The van der Waals surface area contributed by atoms with E-state index in [4.69, 9.17) is 0 Å². The molecule has 5 nitrogen and oxygen atoms in total. The molecule has 1 aliphatic rings. The summed E-state index contributed by atoms with van der Waals surface area (Å²) in [6.45, 7) is 3.19. The number of H-pyrrole nitrogens is 1. The summed E-state index contributed by atoms with van der Waals surface area (Å²) in [6.07, 6.45) is 1.86. The molecule has 1 aromatic carbocycles. The van der Waals surface area contributed by atoms with Crippen LogP contribution < -0.4 is 0 Å². The summed E-state index contributed by atoms with van der Waals surface area (Å²) in [5, 5.41) is 7.97. The summed E-state index contributed by atoms with van der Waals surface area (Å²) >= 11 is 0. The number of nitrogens with zero attached hydrogens (tertiary/aromatic N) is 3. The second kappa shape index (κ2) is 4.41. The van der Waals surface area contributed by atoms with Gasteiger partial charge in [0.2, 0.25) is 0 Å². The van der Waals surface area contributed by atoms with Crippen molar-refractivity contribution in [3.8, 4) is 0 Å². The van der Waals surface area contributed by atoms with E-state index in [2.05, 4.69) is 15.2 Å². The maximum absolute atomic E-state index is 12.7. The fourth-order valence-corrected chi connectivity index (χ4v) is 2.82. The van der Waals surface area contributed by atoms with Gasteiger partial charge in [-0.05, 0) is 30.2 Å². The molecule has 4 rings (SSSR count). The lowest BCUT2D eigenvalue weighted by Gasteiger charge is -2.13. The van der Waals surface area contributed by atoms with E-state index in [1.807, 2.05) is 48.4 Å². The number of carbonyl (C=O) groups excluding carboxylic acids is 1. The standard InChI is InChI=1S/C16H14N4O/c1-10-6-11-8-20(9-12(11)7-17-10)16(21)15-13-4-2-3-5-14(13)18-19-15/h2-7H,8-9H2,1H3,(H,18,19). The molecule has 3 aromatic rings. The lowest BCUT2D eigenvalue weighted by Crippen LogP contribution is -2.25. The summed E-state index contributed by atoms with van der Waals surface area (Å²) in [6, 6.07) is 9.73. The number of pyridine rings is 1. The molecule has 0 bridgehead atoms. The molecular weight excluding hydrogens is 264 g/mol. The predicted molar refractivity (Wildman–Crippen MR) is 78.6 cm³/mol. The molecule has 5 heteroatoms. The minimum atomic E-state index is -0.0405. The van der Waals surface area contributed by atoms with Gasteiger partial charge < -0.3 is 4.90 Å². The van der Waals surface area contributed by atoms with E-state index in [-0.39, 0.29) is 5.91 Å². The van der Waals surface area contributed by atoms with Crippen LogP contribution >= 0.6 is 0 Å². The molecular formula is C16H14N4O. The highest BCUT2D eigenvalue weighted by Gasteiger charge is 2.27. The second-order valence-corrected chi connectivity index (χ2v) is 5.37. The van der Waals surface area contributed by atoms with Crippen molar-refractivity contribution in [1.29, 1.82) is 0 Å². The zero-order chi connectivity index (χ0) is 14.4. The Morgan fingerprint density at radius 1 is 1.24 bits per heavy atom. The van der Waals surface area contributed by atoms with Crippen LogP contribution in [0.25, 0.3) is 10.9 Å². The first kappa shape index (κ1) is 12.1. The lowest BCUT2D eigenvalue weighted by molar-refractivity contribution is 0.0747. The van der Waals surface area contributed by atoms with Gasteiger partial charge in [0.1, 0.15) is 0 Å². The van der Waals surface area contributed by atoms with Gasteiger partial charge in [-0.25, -0.2) is 0 Å². The number of fused-ring (bicyclic) bond motifs is 2. The number of amides is 1. The molecule has 104 valence electrons. The number of nitrogens with one attached hydrogen (secondary N) is 1. The Hall–Kier alpha value is -2.69. The van der Waals surface area contributed by atoms with E-state index in [1.54, 1.807) is 0 Å². The number of hydrogen-bond donors (Lipinski definition) is 1. The number of carbonyl (C=O) groups is 1. The molecule has 0 saturated heterocycles. The van der Waals surface area contributed by atoms with Crippen LogP contribution in [0.15, 0.2) is 36.5 Å². The summed E-state index contributed by atoms with van der Waals surface area (Å²) in [5.74, 6) is -0.0405. The Labute approximate surface area is 121 Å². The van der Waals surface area contributed by atoms with Crippen LogP contribution in [0.3, 0.4) is 0 Å². The maximum atomic E-state index is 12.7. The van der Waals surface area contributed by atoms with Crippen LogP contribution in [0.2, 0.25) is 0 Å². The van der Waals surface area contributed by atoms with E-state index in [9.17, 15) is 4.79 Å². The van der Waals surface area contributed by atoms with E-state index >= 15 is 0 Å². The number of para-hydroxylation sites is 1. The van der Waals surface area contributed by atoms with E-state index < -0.39 is 0 Å². The third kappa shape index (κ3) is 1.89. The predicted octanol–water partition coefficient (Wildman–Crippen LogP) is 2.42.